The average Bonchev–Trinajstić information content (AvgIpc) is 2.35. The molecule has 6 heteroatoms. The van der Waals surface area contributed by atoms with Crippen LogP contribution in [-0.4, -0.2) is 14.5 Å². The number of aryl methyl sites for hydroxylation is 1. The maximum absolute atomic E-state index is 11.9. The third kappa shape index (κ3) is 2.38. The van der Waals surface area contributed by atoms with Crippen LogP contribution >= 0.6 is 22.6 Å². The van der Waals surface area contributed by atoms with Crippen molar-refractivity contribution in [3.63, 3.8) is 0 Å². The summed E-state index contributed by atoms with van der Waals surface area (Å²) in [6.07, 6.45) is 4.79. The second kappa shape index (κ2) is 5.05. The van der Waals surface area contributed by atoms with E-state index in [-0.39, 0.29) is 5.56 Å². The first-order chi connectivity index (χ1) is 8.50. The molecule has 5 nitrogen and oxygen atoms in total. The topological polar surface area (TPSA) is 73.8 Å². The molecule has 0 saturated heterocycles. The lowest BCUT2D eigenvalue weighted by molar-refractivity contribution is 0.709. The van der Waals surface area contributed by atoms with E-state index < -0.39 is 0 Å². The number of aromatic nitrogens is 3. The van der Waals surface area contributed by atoms with E-state index in [1.807, 2.05) is 36.4 Å². The van der Waals surface area contributed by atoms with Crippen LogP contribution in [0.2, 0.25) is 0 Å². The van der Waals surface area contributed by atoms with Crippen LogP contribution < -0.4 is 11.3 Å². The molecule has 2 rings (SSSR count). The summed E-state index contributed by atoms with van der Waals surface area (Å²) in [7, 11) is 0. The van der Waals surface area contributed by atoms with Gasteiger partial charge in [-0.25, -0.2) is 4.98 Å². The van der Waals surface area contributed by atoms with Gasteiger partial charge in [-0.1, -0.05) is 0 Å². The predicted octanol–water partition coefficient (Wildman–Crippen LogP) is 1.49. The molecule has 18 heavy (non-hydrogen) atoms. The van der Waals surface area contributed by atoms with E-state index in [1.54, 1.807) is 12.4 Å². The van der Waals surface area contributed by atoms with Crippen LogP contribution in [0.15, 0.2) is 23.5 Å². The quantitative estimate of drug-likeness (QED) is 0.828. The predicted molar refractivity (Wildman–Crippen MR) is 78.4 cm³/mol. The van der Waals surface area contributed by atoms with Crippen LogP contribution in [0, 0.1) is 17.4 Å². The number of nitrogens with zero attached hydrogens (tertiary/aromatic N) is 3. The van der Waals surface area contributed by atoms with Gasteiger partial charge in [0.15, 0.2) is 0 Å². The molecule has 0 aromatic carbocycles. The summed E-state index contributed by atoms with van der Waals surface area (Å²) in [5, 5.41) is 0. The SMILES string of the molecule is Cc1cnc(Cn2cncc(I)c2=O)c(C)c1N. The molecule has 0 fully saturated rings. The second-order valence-electron chi connectivity index (χ2n) is 4.10. The summed E-state index contributed by atoms with van der Waals surface area (Å²) in [5.41, 5.74) is 9.29. The van der Waals surface area contributed by atoms with E-state index in [1.165, 1.54) is 10.9 Å². The molecule has 0 saturated carbocycles. The van der Waals surface area contributed by atoms with Gasteiger partial charge in [0.25, 0.3) is 5.56 Å². The molecule has 0 unspecified atom stereocenters. The van der Waals surface area contributed by atoms with Crippen molar-refractivity contribution in [1.29, 1.82) is 0 Å². The van der Waals surface area contributed by atoms with Gasteiger partial charge in [-0.15, -0.1) is 0 Å². The van der Waals surface area contributed by atoms with Crippen LogP contribution in [0.25, 0.3) is 0 Å². The number of nitrogens with two attached hydrogens (primary N) is 1. The van der Waals surface area contributed by atoms with Crippen molar-refractivity contribution >= 4 is 28.3 Å². The van der Waals surface area contributed by atoms with Crippen molar-refractivity contribution in [1.82, 2.24) is 14.5 Å². The Morgan fingerprint density at radius 1 is 1.39 bits per heavy atom. The molecular weight excluding hydrogens is 343 g/mol. The molecule has 0 spiro atoms. The van der Waals surface area contributed by atoms with Gasteiger partial charge in [0.2, 0.25) is 0 Å². The average molecular weight is 356 g/mol. The van der Waals surface area contributed by atoms with Gasteiger partial charge >= 0.3 is 0 Å². The van der Waals surface area contributed by atoms with E-state index >= 15 is 0 Å². The van der Waals surface area contributed by atoms with Crippen molar-refractivity contribution in [2.75, 3.05) is 5.73 Å². The minimum Gasteiger partial charge on any atom is -0.398 e. The van der Waals surface area contributed by atoms with E-state index in [9.17, 15) is 4.79 Å². The van der Waals surface area contributed by atoms with Crippen LogP contribution in [0.5, 0.6) is 0 Å². The highest BCUT2D eigenvalue weighted by atomic mass is 127. The van der Waals surface area contributed by atoms with Crippen LogP contribution in [0.1, 0.15) is 16.8 Å². The third-order valence-corrected chi connectivity index (χ3v) is 3.59. The number of anilines is 1. The van der Waals surface area contributed by atoms with Crippen molar-refractivity contribution < 1.29 is 0 Å². The Labute approximate surface area is 118 Å². The summed E-state index contributed by atoms with van der Waals surface area (Å²) in [6.45, 7) is 4.22. The van der Waals surface area contributed by atoms with Crippen molar-refractivity contribution in [3.05, 3.63) is 49.5 Å². The van der Waals surface area contributed by atoms with Gasteiger partial charge in [-0.3, -0.25) is 14.3 Å². The van der Waals surface area contributed by atoms with Gasteiger partial charge in [-0.2, -0.15) is 0 Å². The molecule has 94 valence electrons. The highest BCUT2D eigenvalue weighted by Gasteiger charge is 2.08. The molecule has 0 atom stereocenters. The summed E-state index contributed by atoms with van der Waals surface area (Å²) in [4.78, 5) is 20.2. The monoisotopic (exact) mass is 356 g/mol. The summed E-state index contributed by atoms with van der Waals surface area (Å²) in [6, 6.07) is 0. The third-order valence-electron chi connectivity index (χ3n) is 2.85. The normalized spacial score (nSPS) is 10.6. The summed E-state index contributed by atoms with van der Waals surface area (Å²) >= 11 is 1.97. The van der Waals surface area contributed by atoms with Crippen molar-refractivity contribution in [2.24, 2.45) is 0 Å². The Bertz CT molecular complexity index is 651. The first kappa shape index (κ1) is 13.0. The number of nitrogen functional groups attached to an aromatic ring is 1. The van der Waals surface area contributed by atoms with E-state index in [0.29, 0.717) is 10.1 Å². The van der Waals surface area contributed by atoms with Gasteiger partial charge in [-0.05, 0) is 47.6 Å². The number of halogens is 1. The number of hydrogen-bond donors (Lipinski definition) is 1. The zero-order chi connectivity index (χ0) is 13.3. The van der Waals surface area contributed by atoms with E-state index in [0.717, 1.165) is 22.5 Å². The lowest BCUT2D eigenvalue weighted by Gasteiger charge is -2.11. The molecular formula is C12H13IN4O. The Kier molecular flexibility index (Phi) is 3.65. The Morgan fingerprint density at radius 3 is 2.83 bits per heavy atom. The lowest BCUT2D eigenvalue weighted by Crippen LogP contribution is -2.24. The van der Waals surface area contributed by atoms with Crippen molar-refractivity contribution in [3.8, 4) is 0 Å². The van der Waals surface area contributed by atoms with Crippen LogP contribution in [0.3, 0.4) is 0 Å². The molecule has 0 bridgehead atoms. The Hall–Kier alpha value is -1.44. The highest BCUT2D eigenvalue weighted by Crippen LogP contribution is 2.18. The summed E-state index contributed by atoms with van der Waals surface area (Å²) in [5.74, 6) is 0. The van der Waals surface area contributed by atoms with E-state index in [2.05, 4.69) is 9.97 Å². The molecule has 2 aromatic heterocycles. The molecule has 2 heterocycles. The molecule has 0 aliphatic rings. The van der Waals surface area contributed by atoms with Crippen molar-refractivity contribution in [2.45, 2.75) is 20.4 Å². The maximum atomic E-state index is 11.9. The molecule has 0 aliphatic carbocycles. The largest absolute Gasteiger partial charge is 0.398 e. The minimum atomic E-state index is -0.0639. The fraction of sp³-hybridized carbons (Fsp3) is 0.250. The van der Waals surface area contributed by atoms with Crippen LogP contribution in [-0.2, 0) is 6.54 Å². The molecule has 0 amide bonds. The number of hydrogen-bond acceptors (Lipinski definition) is 4. The zero-order valence-electron chi connectivity index (χ0n) is 10.1. The second-order valence-corrected chi connectivity index (χ2v) is 5.26. The lowest BCUT2D eigenvalue weighted by atomic mass is 10.1. The molecule has 0 aliphatic heterocycles. The Morgan fingerprint density at radius 2 is 2.11 bits per heavy atom. The van der Waals surface area contributed by atoms with E-state index in [4.69, 9.17) is 5.73 Å². The number of rotatable bonds is 2. The molecule has 0 radical (unpaired) electrons. The molecule has 2 aromatic rings. The Balaban J connectivity index is 2.44. The summed E-state index contributed by atoms with van der Waals surface area (Å²) < 4.78 is 2.12. The first-order valence-corrected chi connectivity index (χ1v) is 6.49. The van der Waals surface area contributed by atoms with Gasteiger partial charge < -0.3 is 5.73 Å². The highest BCUT2D eigenvalue weighted by molar-refractivity contribution is 14.1. The fourth-order valence-corrected chi connectivity index (χ4v) is 2.12. The van der Waals surface area contributed by atoms with Crippen LogP contribution in [0.4, 0.5) is 5.69 Å². The van der Waals surface area contributed by atoms with Gasteiger partial charge in [0, 0.05) is 18.1 Å². The standard InChI is InChI=1S/C12H13IN4O/c1-7-3-16-10(8(2)11(7)14)5-17-6-15-4-9(13)12(17)18/h3-4,6H,5H2,1-2H3,(H2,14,16). The van der Waals surface area contributed by atoms with Gasteiger partial charge in [0.05, 0.1) is 22.1 Å². The first-order valence-electron chi connectivity index (χ1n) is 5.41. The molecule has 2 N–H and O–H groups in total. The smallest absolute Gasteiger partial charge is 0.267 e. The number of pyridine rings is 1. The maximum Gasteiger partial charge on any atom is 0.267 e. The fourth-order valence-electron chi connectivity index (χ4n) is 1.65. The zero-order valence-corrected chi connectivity index (χ0v) is 12.3. The minimum absolute atomic E-state index is 0.0639. The van der Waals surface area contributed by atoms with Gasteiger partial charge in [0.1, 0.15) is 0 Å².